The largest absolute Gasteiger partial charge is 0.342 e. The lowest BCUT2D eigenvalue weighted by atomic mass is 9.63. The van der Waals surface area contributed by atoms with E-state index in [-0.39, 0.29) is 5.41 Å². The number of halogens is 1. The predicted molar refractivity (Wildman–Crippen MR) is 75.6 cm³/mol. The molecule has 2 unspecified atom stereocenters. The summed E-state index contributed by atoms with van der Waals surface area (Å²) in [7, 11) is 1.97. The normalized spacial score (nSPS) is 30.9. The maximum Gasteiger partial charge on any atom is 0.222 e. The molecule has 1 amide bonds. The molecular weight excluding hydrogens is 290 g/mol. The van der Waals surface area contributed by atoms with Gasteiger partial charge in [-0.1, -0.05) is 28.9 Å². The smallest absolute Gasteiger partial charge is 0.222 e. The maximum atomic E-state index is 11.9. The molecule has 1 aliphatic carbocycles. The summed E-state index contributed by atoms with van der Waals surface area (Å²) in [6.07, 6.45) is 3.82. The SMILES string of the molecule is CN1C(=O)CCC2(C)c3ccc(Br)cc3CCC12. The van der Waals surface area contributed by atoms with Crippen molar-refractivity contribution in [3.63, 3.8) is 0 Å². The number of hydrogen-bond donors (Lipinski definition) is 0. The monoisotopic (exact) mass is 307 g/mol. The lowest BCUT2D eigenvalue weighted by molar-refractivity contribution is -0.138. The molecule has 0 spiro atoms. The van der Waals surface area contributed by atoms with Crippen LogP contribution in [-0.4, -0.2) is 23.9 Å². The quantitative estimate of drug-likeness (QED) is 0.720. The highest BCUT2D eigenvalue weighted by Gasteiger charge is 2.46. The van der Waals surface area contributed by atoms with Crippen LogP contribution in [0.3, 0.4) is 0 Å². The Labute approximate surface area is 116 Å². The second-order valence-corrected chi connectivity index (χ2v) is 6.69. The molecule has 3 heteroatoms. The Balaban J connectivity index is 2.09. The van der Waals surface area contributed by atoms with Crippen LogP contribution in [0.15, 0.2) is 22.7 Å². The number of fused-ring (bicyclic) bond motifs is 3. The van der Waals surface area contributed by atoms with E-state index in [1.807, 2.05) is 11.9 Å². The summed E-state index contributed by atoms with van der Waals surface area (Å²) in [5.74, 6) is 0.304. The van der Waals surface area contributed by atoms with E-state index < -0.39 is 0 Å². The first-order chi connectivity index (χ1) is 8.52. The molecule has 0 radical (unpaired) electrons. The van der Waals surface area contributed by atoms with Crippen LogP contribution in [0.25, 0.3) is 0 Å². The fraction of sp³-hybridized carbons (Fsp3) is 0.533. The molecule has 1 saturated heterocycles. The molecule has 3 rings (SSSR count). The van der Waals surface area contributed by atoms with Gasteiger partial charge in [-0.3, -0.25) is 4.79 Å². The van der Waals surface area contributed by atoms with Crippen molar-refractivity contribution in [3.05, 3.63) is 33.8 Å². The van der Waals surface area contributed by atoms with Crippen LogP contribution in [0.1, 0.15) is 37.3 Å². The number of hydrogen-bond acceptors (Lipinski definition) is 1. The van der Waals surface area contributed by atoms with Gasteiger partial charge in [0.2, 0.25) is 5.91 Å². The Kier molecular flexibility index (Phi) is 2.77. The molecule has 1 heterocycles. The molecule has 0 aromatic heterocycles. The molecule has 0 N–H and O–H groups in total. The predicted octanol–water partition coefficient (Wildman–Crippen LogP) is 3.27. The lowest BCUT2D eigenvalue weighted by Gasteiger charge is -2.50. The van der Waals surface area contributed by atoms with Crippen LogP contribution in [0, 0.1) is 0 Å². The highest BCUT2D eigenvalue weighted by Crippen LogP contribution is 2.45. The zero-order valence-corrected chi connectivity index (χ0v) is 12.5. The van der Waals surface area contributed by atoms with E-state index in [0.717, 1.165) is 23.7 Å². The van der Waals surface area contributed by atoms with Crippen molar-refractivity contribution in [2.24, 2.45) is 0 Å². The minimum Gasteiger partial charge on any atom is -0.342 e. The van der Waals surface area contributed by atoms with Gasteiger partial charge in [0, 0.05) is 29.4 Å². The number of likely N-dealkylation sites (N-methyl/N-ethyl adjacent to an activating group) is 1. The van der Waals surface area contributed by atoms with Gasteiger partial charge in [-0.15, -0.1) is 0 Å². The number of aryl methyl sites for hydroxylation is 1. The maximum absolute atomic E-state index is 11.9. The summed E-state index contributed by atoms with van der Waals surface area (Å²) in [5.41, 5.74) is 3.03. The summed E-state index contributed by atoms with van der Waals surface area (Å²) in [4.78, 5) is 13.9. The summed E-state index contributed by atoms with van der Waals surface area (Å²) in [6, 6.07) is 6.98. The molecule has 1 fully saturated rings. The van der Waals surface area contributed by atoms with Gasteiger partial charge in [0.15, 0.2) is 0 Å². The number of benzene rings is 1. The average Bonchev–Trinajstić information content (AvgIpc) is 2.34. The fourth-order valence-corrected chi connectivity index (χ4v) is 4.16. The molecule has 96 valence electrons. The van der Waals surface area contributed by atoms with Crippen LogP contribution < -0.4 is 0 Å². The molecule has 18 heavy (non-hydrogen) atoms. The Hall–Kier alpha value is -0.830. The van der Waals surface area contributed by atoms with Crippen LogP contribution in [0.4, 0.5) is 0 Å². The molecule has 1 aromatic rings. The zero-order valence-electron chi connectivity index (χ0n) is 10.9. The average molecular weight is 308 g/mol. The van der Waals surface area contributed by atoms with Crippen LogP contribution in [0.2, 0.25) is 0 Å². The lowest BCUT2D eigenvalue weighted by Crippen LogP contribution is -2.56. The van der Waals surface area contributed by atoms with Gasteiger partial charge in [0.1, 0.15) is 0 Å². The van der Waals surface area contributed by atoms with E-state index in [1.54, 1.807) is 0 Å². The first-order valence-corrected chi connectivity index (χ1v) is 7.36. The van der Waals surface area contributed by atoms with Crippen LogP contribution in [-0.2, 0) is 16.6 Å². The van der Waals surface area contributed by atoms with Crippen molar-refractivity contribution in [1.29, 1.82) is 0 Å². The number of rotatable bonds is 0. The van der Waals surface area contributed by atoms with Gasteiger partial charge in [0.25, 0.3) is 0 Å². The molecule has 0 saturated carbocycles. The molecule has 0 bridgehead atoms. The van der Waals surface area contributed by atoms with Crippen molar-refractivity contribution < 1.29 is 4.79 Å². The number of amides is 1. The van der Waals surface area contributed by atoms with Gasteiger partial charge in [-0.2, -0.15) is 0 Å². The minimum absolute atomic E-state index is 0.136. The van der Waals surface area contributed by atoms with E-state index in [9.17, 15) is 4.79 Å². The third-order valence-electron chi connectivity index (χ3n) is 4.82. The van der Waals surface area contributed by atoms with Gasteiger partial charge >= 0.3 is 0 Å². The van der Waals surface area contributed by atoms with E-state index in [0.29, 0.717) is 18.4 Å². The van der Waals surface area contributed by atoms with Gasteiger partial charge in [0.05, 0.1) is 0 Å². The van der Waals surface area contributed by atoms with Crippen molar-refractivity contribution in [2.75, 3.05) is 7.05 Å². The highest BCUT2D eigenvalue weighted by atomic mass is 79.9. The topological polar surface area (TPSA) is 20.3 Å². The summed E-state index contributed by atoms with van der Waals surface area (Å²) in [5, 5.41) is 0. The summed E-state index contributed by atoms with van der Waals surface area (Å²) in [6.45, 7) is 2.33. The van der Waals surface area contributed by atoms with E-state index in [2.05, 4.69) is 41.1 Å². The first kappa shape index (κ1) is 12.2. The standard InChI is InChI=1S/C15H18BrNO/c1-15-8-7-14(18)17(2)13(15)6-3-10-9-11(16)4-5-12(10)15/h4-5,9,13H,3,6-8H2,1-2H3. The molecule has 2 aliphatic rings. The van der Waals surface area contributed by atoms with Gasteiger partial charge in [-0.05, 0) is 42.5 Å². The van der Waals surface area contributed by atoms with E-state index >= 15 is 0 Å². The Bertz CT molecular complexity index is 513. The molecule has 2 atom stereocenters. The third kappa shape index (κ3) is 1.63. The van der Waals surface area contributed by atoms with Crippen LogP contribution >= 0.6 is 15.9 Å². The minimum atomic E-state index is 0.136. The van der Waals surface area contributed by atoms with Crippen molar-refractivity contribution in [1.82, 2.24) is 4.90 Å². The fourth-order valence-electron chi connectivity index (χ4n) is 3.76. The van der Waals surface area contributed by atoms with E-state index in [4.69, 9.17) is 0 Å². The van der Waals surface area contributed by atoms with Gasteiger partial charge < -0.3 is 4.90 Å². The number of likely N-dealkylation sites (tertiary alicyclic amines) is 1. The molecular formula is C15H18BrNO. The van der Waals surface area contributed by atoms with Crippen molar-refractivity contribution in [3.8, 4) is 0 Å². The zero-order chi connectivity index (χ0) is 12.9. The molecule has 1 aromatic carbocycles. The third-order valence-corrected chi connectivity index (χ3v) is 5.32. The summed E-state index contributed by atoms with van der Waals surface area (Å²) >= 11 is 3.55. The molecule has 1 aliphatic heterocycles. The number of carbonyl (C=O) groups excluding carboxylic acids is 1. The highest BCUT2D eigenvalue weighted by molar-refractivity contribution is 9.10. The Morgan fingerprint density at radius 2 is 2.17 bits per heavy atom. The van der Waals surface area contributed by atoms with Gasteiger partial charge in [-0.25, -0.2) is 0 Å². The number of nitrogens with zero attached hydrogens (tertiary/aromatic N) is 1. The van der Waals surface area contributed by atoms with Crippen LogP contribution in [0.5, 0.6) is 0 Å². The van der Waals surface area contributed by atoms with E-state index in [1.165, 1.54) is 11.1 Å². The first-order valence-electron chi connectivity index (χ1n) is 6.57. The second-order valence-electron chi connectivity index (χ2n) is 5.78. The number of carbonyl (C=O) groups is 1. The van der Waals surface area contributed by atoms with Crippen molar-refractivity contribution >= 4 is 21.8 Å². The Morgan fingerprint density at radius 1 is 1.39 bits per heavy atom. The number of piperidine rings is 1. The summed E-state index contributed by atoms with van der Waals surface area (Å²) < 4.78 is 1.16. The molecule has 2 nitrogen and oxygen atoms in total. The second kappa shape index (κ2) is 4.09. The van der Waals surface area contributed by atoms with Crippen molar-refractivity contribution in [2.45, 2.75) is 44.1 Å². The Morgan fingerprint density at radius 3 is 2.94 bits per heavy atom.